The summed E-state index contributed by atoms with van der Waals surface area (Å²) in [5, 5.41) is 3.25. The lowest BCUT2D eigenvalue weighted by molar-refractivity contribution is 0.0657. The Morgan fingerprint density at radius 2 is 1.85 bits per heavy atom. The molecule has 1 aromatic heterocycles. The average molecular weight is 486 g/mol. The lowest BCUT2D eigenvalue weighted by atomic mass is 10.2. The molecule has 0 saturated carbocycles. The van der Waals surface area contributed by atoms with Crippen LogP contribution in [0.15, 0.2) is 52.1 Å². The first-order valence-corrected chi connectivity index (χ1v) is 8.78. The van der Waals surface area contributed by atoms with Gasteiger partial charge < -0.3 is 19.5 Å². The Morgan fingerprint density at radius 3 is 2.48 bits per heavy atom. The van der Waals surface area contributed by atoms with Crippen LogP contribution in [0.2, 0.25) is 0 Å². The van der Waals surface area contributed by atoms with Crippen LogP contribution in [0.4, 0.5) is 4.39 Å². The first-order valence-electron chi connectivity index (χ1n) is 8.78. The highest BCUT2D eigenvalue weighted by Gasteiger charge is 2.25. The fourth-order valence-corrected chi connectivity index (χ4v) is 2.89. The van der Waals surface area contributed by atoms with Crippen LogP contribution in [0, 0.1) is 5.82 Å². The number of aliphatic imine (C=N–C) groups is 1. The zero-order chi connectivity index (χ0) is 18.4. The molecule has 1 saturated heterocycles. The van der Waals surface area contributed by atoms with Crippen molar-refractivity contribution >= 4 is 35.8 Å². The Bertz CT molecular complexity index is 759. The number of amides is 1. The summed E-state index contributed by atoms with van der Waals surface area (Å²) >= 11 is 0. The van der Waals surface area contributed by atoms with Crippen LogP contribution in [0.3, 0.4) is 0 Å². The number of rotatable bonds is 4. The van der Waals surface area contributed by atoms with Crippen molar-refractivity contribution in [3.63, 3.8) is 0 Å². The van der Waals surface area contributed by atoms with E-state index in [0.29, 0.717) is 37.5 Å². The molecule has 146 valence electrons. The summed E-state index contributed by atoms with van der Waals surface area (Å²) in [6.45, 7) is 5.50. The summed E-state index contributed by atoms with van der Waals surface area (Å²) in [5.74, 6) is 0.753. The van der Waals surface area contributed by atoms with E-state index >= 15 is 0 Å². The molecule has 1 aliphatic heterocycles. The Balaban J connectivity index is 0.00000261. The van der Waals surface area contributed by atoms with Gasteiger partial charge in [0.25, 0.3) is 5.91 Å². The maximum Gasteiger partial charge on any atom is 0.289 e. The SMILES string of the molecule is CCNC(=NCc1ccccc1F)N1CCN(C(=O)c2ccco2)CC1.I. The Hall–Kier alpha value is -2.10. The molecule has 0 spiro atoms. The third-order valence-electron chi connectivity index (χ3n) is 4.29. The second-order valence-electron chi connectivity index (χ2n) is 6.02. The first kappa shape index (κ1) is 21.2. The normalized spacial score (nSPS) is 14.7. The monoisotopic (exact) mass is 486 g/mol. The Kier molecular flexibility index (Phi) is 8.08. The molecule has 8 heteroatoms. The molecule has 1 aromatic carbocycles. The van der Waals surface area contributed by atoms with Crippen LogP contribution in [0.1, 0.15) is 23.0 Å². The molecule has 1 aliphatic rings. The molecule has 1 N–H and O–H groups in total. The number of piperazine rings is 1. The molecule has 6 nitrogen and oxygen atoms in total. The quantitative estimate of drug-likeness (QED) is 0.410. The van der Waals surface area contributed by atoms with E-state index < -0.39 is 0 Å². The van der Waals surface area contributed by atoms with E-state index in [4.69, 9.17) is 4.42 Å². The number of halogens is 2. The fraction of sp³-hybridized carbons (Fsp3) is 0.368. The van der Waals surface area contributed by atoms with Gasteiger partial charge in [0.05, 0.1) is 12.8 Å². The molecule has 0 aliphatic carbocycles. The van der Waals surface area contributed by atoms with Gasteiger partial charge in [0.1, 0.15) is 5.82 Å². The number of carbonyl (C=O) groups excluding carboxylic acids is 1. The van der Waals surface area contributed by atoms with Gasteiger partial charge in [0, 0.05) is 38.3 Å². The molecular formula is C19H24FIN4O2. The minimum Gasteiger partial charge on any atom is -0.459 e. The molecule has 1 fully saturated rings. The molecule has 0 atom stereocenters. The number of benzene rings is 1. The smallest absolute Gasteiger partial charge is 0.289 e. The average Bonchev–Trinajstić information content (AvgIpc) is 3.21. The fourth-order valence-electron chi connectivity index (χ4n) is 2.89. The number of hydrogen-bond donors (Lipinski definition) is 1. The van der Waals surface area contributed by atoms with Crippen LogP contribution >= 0.6 is 24.0 Å². The summed E-state index contributed by atoms with van der Waals surface area (Å²) in [6.07, 6.45) is 1.50. The molecular weight excluding hydrogens is 462 g/mol. The zero-order valence-electron chi connectivity index (χ0n) is 15.2. The van der Waals surface area contributed by atoms with Gasteiger partial charge in [0.2, 0.25) is 0 Å². The van der Waals surface area contributed by atoms with Gasteiger partial charge in [0.15, 0.2) is 11.7 Å². The van der Waals surface area contributed by atoms with E-state index in [9.17, 15) is 9.18 Å². The van der Waals surface area contributed by atoms with Gasteiger partial charge in [-0.05, 0) is 25.1 Å². The number of nitrogens with one attached hydrogen (secondary N) is 1. The summed E-state index contributed by atoms with van der Waals surface area (Å²) in [4.78, 5) is 20.8. The maximum absolute atomic E-state index is 13.8. The van der Waals surface area contributed by atoms with Crippen LogP contribution < -0.4 is 5.32 Å². The van der Waals surface area contributed by atoms with Crippen molar-refractivity contribution in [2.75, 3.05) is 32.7 Å². The molecule has 3 rings (SSSR count). The molecule has 1 amide bonds. The zero-order valence-corrected chi connectivity index (χ0v) is 17.6. The first-order chi connectivity index (χ1) is 12.7. The maximum atomic E-state index is 13.8. The molecule has 0 unspecified atom stereocenters. The number of guanidine groups is 1. The van der Waals surface area contributed by atoms with E-state index in [1.54, 1.807) is 35.2 Å². The van der Waals surface area contributed by atoms with Gasteiger partial charge >= 0.3 is 0 Å². The molecule has 0 bridgehead atoms. The van der Waals surface area contributed by atoms with Gasteiger partial charge in [-0.1, -0.05) is 18.2 Å². The van der Waals surface area contributed by atoms with Crippen molar-refractivity contribution in [2.45, 2.75) is 13.5 Å². The largest absolute Gasteiger partial charge is 0.459 e. The van der Waals surface area contributed by atoms with Gasteiger partial charge in [-0.3, -0.25) is 4.79 Å². The van der Waals surface area contributed by atoms with E-state index in [-0.39, 0.29) is 42.2 Å². The summed E-state index contributed by atoms with van der Waals surface area (Å²) in [7, 11) is 0. The molecule has 0 radical (unpaired) electrons. The second-order valence-corrected chi connectivity index (χ2v) is 6.02. The third-order valence-corrected chi connectivity index (χ3v) is 4.29. The highest BCUT2D eigenvalue weighted by molar-refractivity contribution is 14.0. The number of nitrogens with zero attached hydrogens (tertiary/aromatic N) is 3. The van der Waals surface area contributed by atoms with E-state index in [1.807, 2.05) is 6.92 Å². The summed E-state index contributed by atoms with van der Waals surface area (Å²) in [5.41, 5.74) is 0.564. The van der Waals surface area contributed by atoms with Crippen LogP contribution in [-0.2, 0) is 6.54 Å². The van der Waals surface area contributed by atoms with Crippen molar-refractivity contribution in [1.82, 2.24) is 15.1 Å². The van der Waals surface area contributed by atoms with Crippen LogP contribution in [0.25, 0.3) is 0 Å². The van der Waals surface area contributed by atoms with E-state index in [2.05, 4.69) is 15.2 Å². The van der Waals surface area contributed by atoms with E-state index in [1.165, 1.54) is 12.3 Å². The lowest BCUT2D eigenvalue weighted by Gasteiger charge is -2.36. The van der Waals surface area contributed by atoms with Crippen molar-refractivity contribution in [2.24, 2.45) is 4.99 Å². The lowest BCUT2D eigenvalue weighted by Crippen LogP contribution is -2.53. The molecule has 2 aromatic rings. The van der Waals surface area contributed by atoms with Crippen molar-refractivity contribution in [3.05, 3.63) is 59.8 Å². The van der Waals surface area contributed by atoms with Gasteiger partial charge in [-0.2, -0.15) is 0 Å². The highest BCUT2D eigenvalue weighted by Crippen LogP contribution is 2.11. The standard InChI is InChI=1S/C19H23FN4O2.HI/c1-2-21-19(22-14-15-6-3-4-7-16(15)20)24-11-9-23(10-12-24)18(25)17-8-5-13-26-17;/h3-8,13H,2,9-12,14H2,1H3,(H,21,22);1H. The van der Waals surface area contributed by atoms with Crippen LogP contribution in [0.5, 0.6) is 0 Å². The van der Waals surface area contributed by atoms with Crippen molar-refractivity contribution in [1.29, 1.82) is 0 Å². The molecule has 2 heterocycles. The van der Waals surface area contributed by atoms with E-state index in [0.717, 1.165) is 12.5 Å². The van der Waals surface area contributed by atoms with Crippen molar-refractivity contribution < 1.29 is 13.6 Å². The minimum absolute atomic E-state index is 0. The van der Waals surface area contributed by atoms with Gasteiger partial charge in [-0.25, -0.2) is 9.38 Å². The number of hydrogen-bond acceptors (Lipinski definition) is 3. The molecule has 27 heavy (non-hydrogen) atoms. The Labute approximate surface area is 175 Å². The topological polar surface area (TPSA) is 61.1 Å². The predicted molar refractivity (Wildman–Crippen MR) is 113 cm³/mol. The van der Waals surface area contributed by atoms with Crippen molar-refractivity contribution in [3.8, 4) is 0 Å². The van der Waals surface area contributed by atoms with Crippen LogP contribution in [-0.4, -0.2) is 54.4 Å². The highest BCUT2D eigenvalue weighted by atomic mass is 127. The number of furan rings is 1. The van der Waals surface area contributed by atoms with Gasteiger partial charge in [-0.15, -0.1) is 24.0 Å². The third kappa shape index (κ3) is 5.44. The Morgan fingerprint density at radius 1 is 1.15 bits per heavy atom. The minimum atomic E-state index is -0.249. The predicted octanol–water partition coefficient (Wildman–Crippen LogP) is 2.96. The second kappa shape index (κ2) is 10.3. The summed E-state index contributed by atoms with van der Waals surface area (Å²) in [6, 6.07) is 10.0. The number of carbonyl (C=O) groups is 1. The summed E-state index contributed by atoms with van der Waals surface area (Å²) < 4.78 is 19.0.